The van der Waals surface area contributed by atoms with Gasteiger partial charge in [0.1, 0.15) is 0 Å². The Bertz CT molecular complexity index is 2540. The Balaban J connectivity index is 1.09. The number of hydrogen-bond donors (Lipinski definition) is 0. The molecule has 7 aromatic carbocycles. The first kappa shape index (κ1) is 28.5. The minimum Gasteiger partial charge on any atom is -0.416 e. The van der Waals surface area contributed by atoms with Crippen LogP contribution >= 0.6 is 0 Å². The zero-order valence-corrected chi connectivity index (χ0v) is 26.5. The number of nitrogens with zero attached hydrogens (tertiary/aromatic N) is 4. The second-order valence-corrected chi connectivity index (χ2v) is 12.0. The molecule has 0 fully saturated rings. The summed E-state index contributed by atoms with van der Waals surface area (Å²) in [6, 6.07) is 63.2. The third kappa shape index (κ3) is 5.24. The first-order chi connectivity index (χ1) is 24.3. The van der Waals surface area contributed by atoms with Crippen LogP contribution in [-0.4, -0.2) is 14.8 Å². The number of aromatic nitrogens is 3. The molecule has 0 bridgehead atoms. The van der Waals surface area contributed by atoms with Crippen LogP contribution in [0.3, 0.4) is 0 Å². The van der Waals surface area contributed by atoms with Crippen LogP contribution in [0.1, 0.15) is 0 Å². The quantitative estimate of drug-likeness (QED) is 0.176. The predicted molar refractivity (Wildman–Crippen MR) is 200 cm³/mol. The van der Waals surface area contributed by atoms with Crippen LogP contribution in [0, 0.1) is 0 Å². The molecule has 0 unspecified atom stereocenters. The topological polar surface area (TPSA) is 47.1 Å². The summed E-state index contributed by atoms with van der Waals surface area (Å²) in [5.74, 6) is 0.971. The largest absolute Gasteiger partial charge is 0.416 e. The SMILES string of the molecule is c1ccc(-c2cccc(-c3nnc(-c4ccc(N(c5ccccc5)c5ccc6c(c5)c5ccccc5n6-c5ccccc5)cc4)o3)c2)cc1. The molecule has 0 N–H and O–H groups in total. The van der Waals surface area contributed by atoms with E-state index >= 15 is 0 Å². The Morgan fingerprint density at radius 1 is 0.388 bits per heavy atom. The lowest BCUT2D eigenvalue weighted by atomic mass is 10.0. The molecule has 0 spiro atoms. The lowest BCUT2D eigenvalue weighted by Crippen LogP contribution is -2.09. The molecule has 9 aromatic rings. The molecule has 2 heterocycles. The molecule has 0 aliphatic heterocycles. The summed E-state index contributed by atoms with van der Waals surface area (Å²) >= 11 is 0. The van der Waals surface area contributed by atoms with Crippen molar-refractivity contribution in [2.75, 3.05) is 4.90 Å². The maximum atomic E-state index is 6.21. The number of rotatable bonds is 7. The van der Waals surface area contributed by atoms with Gasteiger partial charge in [-0.1, -0.05) is 97.1 Å². The lowest BCUT2D eigenvalue weighted by molar-refractivity contribution is 0.584. The van der Waals surface area contributed by atoms with Crippen LogP contribution in [-0.2, 0) is 0 Å². The summed E-state index contributed by atoms with van der Waals surface area (Å²) in [5, 5.41) is 11.2. The maximum Gasteiger partial charge on any atom is 0.248 e. The fourth-order valence-corrected chi connectivity index (χ4v) is 6.65. The van der Waals surface area contributed by atoms with Crippen LogP contribution in [0.5, 0.6) is 0 Å². The van der Waals surface area contributed by atoms with Gasteiger partial charge in [-0.25, -0.2) is 0 Å². The van der Waals surface area contributed by atoms with E-state index in [9.17, 15) is 0 Å². The first-order valence-corrected chi connectivity index (χ1v) is 16.3. The minimum absolute atomic E-state index is 0.480. The molecule has 2 aromatic heterocycles. The van der Waals surface area contributed by atoms with Crippen molar-refractivity contribution < 1.29 is 4.42 Å². The molecule has 5 nitrogen and oxygen atoms in total. The highest BCUT2D eigenvalue weighted by Crippen LogP contribution is 2.40. The van der Waals surface area contributed by atoms with Gasteiger partial charge in [-0.3, -0.25) is 0 Å². The fourth-order valence-electron chi connectivity index (χ4n) is 6.65. The molecule has 0 saturated heterocycles. The number of benzene rings is 7. The Hall–Kier alpha value is -6.72. The van der Waals surface area contributed by atoms with E-state index in [4.69, 9.17) is 4.42 Å². The van der Waals surface area contributed by atoms with Gasteiger partial charge in [-0.15, -0.1) is 10.2 Å². The highest BCUT2D eigenvalue weighted by molar-refractivity contribution is 6.10. The summed E-state index contributed by atoms with van der Waals surface area (Å²) < 4.78 is 8.55. The van der Waals surface area contributed by atoms with Crippen LogP contribution < -0.4 is 4.90 Å². The van der Waals surface area contributed by atoms with Crippen molar-refractivity contribution in [3.8, 4) is 39.7 Å². The molecule has 0 saturated carbocycles. The smallest absolute Gasteiger partial charge is 0.248 e. The van der Waals surface area contributed by atoms with E-state index < -0.39 is 0 Å². The normalized spacial score (nSPS) is 11.3. The van der Waals surface area contributed by atoms with Crippen molar-refractivity contribution in [2.45, 2.75) is 0 Å². The number of anilines is 3. The van der Waals surface area contributed by atoms with Gasteiger partial charge in [0.05, 0.1) is 11.0 Å². The first-order valence-electron chi connectivity index (χ1n) is 16.3. The van der Waals surface area contributed by atoms with Gasteiger partial charge >= 0.3 is 0 Å². The van der Waals surface area contributed by atoms with Crippen molar-refractivity contribution in [1.29, 1.82) is 0 Å². The second-order valence-electron chi connectivity index (χ2n) is 12.0. The maximum absolute atomic E-state index is 6.21. The summed E-state index contributed by atoms with van der Waals surface area (Å²) in [4.78, 5) is 2.28. The molecule has 5 heteroatoms. The van der Waals surface area contributed by atoms with E-state index in [0.717, 1.165) is 45.0 Å². The van der Waals surface area contributed by atoms with Gasteiger partial charge in [0.15, 0.2) is 0 Å². The van der Waals surface area contributed by atoms with Crippen molar-refractivity contribution in [3.05, 3.63) is 182 Å². The Labute approximate surface area is 284 Å². The van der Waals surface area contributed by atoms with Gasteiger partial charge in [-0.05, 0) is 96.1 Å². The van der Waals surface area contributed by atoms with Crippen LogP contribution in [0.2, 0.25) is 0 Å². The van der Waals surface area contributed by atoms with Gasteiger partial charge in [-0.2, -0.15) is 0 Å². The standard InChI is InChI=1S/C44H30N4O/c1-4-13-31(14-5-1)33-15-12-16-34(29-33)44-46-45-43(49-44)32-23-25-37(26-24-32)47(35-17-6-2-7-18-35)38-27-28-42-40(30-38)39-21-10-11-22-41(39)48(42)36-19-8-3-9-20-36/h1-30H. The number of fused-ring (bicyclic) bond motifs is 3. The zero-order chi connectivity index (χ0) is 32.6. The van der Waals surface area contributed by atoms with Crippen LogP contribution in [0.25, 0.3) is 61.5 Å². The highest BCUT2D eigenvalue weighted by Gasteiger charge is 2.18. The van der Waals surface area contributed by atoms with Crippen molar-refractivity contribution in [1.82, 2.24) is 14.8 Å². The van der Waals surface area contributed by atoms with Gasteiger partial charge in [0, 0.05) is 44.6 Å². The fraction of sp³-hybridized carbons (Fsp3) is 0. The van der Waals surface area contributed by atoms with Crippen molar-refractivity contribution in [3.63, 3.8) is 0 Å². The molecular formula is C44H30N4O. The third-order valence-electron chi connectivity index (χ3n) is 8.96. The lowest BCUT2D eigenvalue weighted by Gasteiger charge is -2.25. The molecule has 0 radical (unpaired) electrons. The monoisotopic (exact) mass is 630 g/mol. The van der Waals surface area contributed by atoms with Crippen molar-refractivity contribution >= 4 is 38.9 Å². The number of para-hydroxylation sites is 3. The van der Waals surface area contributed by atoms with Crippen LogP contribution in [0.15, 0.2) is 186 Å². The molecule has 0 aliphatic carbocycles. The Morgan fingerprint density at radius 3 is 1.73 bits per heavy atom. The zero-order valence-electron chi connectivity index (χ0n) is 26.5. The van der Waals surface area contributed by atoms with E-state index in [1.807, 2.05) is 48.5 Å². The molecule has 0 aliphatic rings. The highest BCUT2D eigenvalue weighted by atomic mass is 16.4. The van der Waals surface area contributed by atoms with E-state index in [0.29, 0.717) is 11.8 Å². The molecule has 0 amide bonds. The average molecular weight is 631 g/mol. The molecule has 49 heavy (non-hydrogen) atoms. The van der Waals surface area contributed by atoms with Crippen molar-refractivity contribution in [2.24, 2.45) is 0 Å². The summed E-state index contributed by atoms with van der Waals surface area (Å²) in [7, 11) is 0. The molecule has 9 rings (SSSR count). The van der Waals surface area contributed by atoms with Crippen LogP contribution in [0.4, 0.5) is 17.1 Å². The Morgan fingerprint density at radius 2 is 0.959 bits per heavy atom. The van der Waals surface area contributed by atoms with E-state index in [1.165, 1.54) is 21.8 Å². The molecule has 232 valence electrons. The van der Waals surface area contributed by atoms with Gasteiger partial charge < -0.3 is 13.9 Å². The van der Waals surface area contributed by atoms with Gasteiger partial charge in [0.2, 0.25) is 11.8 Å². The summed E-state index contributed by atoms with van der Waals surface area (Å²) in [5.41, 5.74) is 10.6. The van der Waals surface area contributed by atoms with Gasteiger partial charge in [0.25, 0.3) is 0 Å². The van der Waals surface area contributed by atoms with E-state index in [-0.39, 0.29) is 0 Å². The molecular weight excluding hydrogens is 601 g/mol. The van der Waals surface area contributed by atoms with E-state index in [1.54, 1.807) is 0 Å². The molecule has 0 atom stereocenters. The average Bonchev–Trinajstić information content (AvgIpc) is 3.80. The third-order valence-corrected chi connectivity index (χ3v) is 8.96. The number of hydrogen-bond acceptors (Lipinski definition) is 4. The summed E-state index contributed by atoms with van der Waals surface area (Å²) in [6.07, 6.45) is 0. The summed E-state index contributed by atoms with van der Waals surface area (Å²) in [6.45, 7) is 0. The predicted octanol–water partition coefficient (Wildman–Crippen LogP) is 11.6. The Kier molecular flexibility index (Phi) is 7.06. The minimum atomic E-state index is 0.480. The second kappa shape index (κ2) is 12.1. The van der Waals surface area contributed by atoms with E-state index in [2.05, 4.69) is 153 Å².